The van der Waals surface area contributed by atoms with Gasteiger partial charge in [-0.15, -0.1) is 0 Å². The fraction of sp³-hybridized carbons (Fsp3) is 0.455. The van der Waals surface area contributed by atoms with Gasteiger partial charge < -0.3 is 4.74 Å². The topological polar surface area (TPSA) is 9.23 Å². The molecule has 0 N–H and O–H groups in total. The molecule has 2 atom stereocenters. The van der Waals surface area contributed by atoms with E-state index < -0.39 is 0 Å². The van der Waals surface area contributed by atoms with Crippen molar-refractivity contribution in [2.24, 2.45) is 0 Å². The molecule has 0 amide bonds. The summed E-state index contributed by atoms with van der Waals surface area (Å²) in [5.74, 6) is 0.281. The lowest BCUT2D eigenvalue weighted by atomic mass is 9.98. The van der Waals surface area contributed by atoms with E-state index in [9.17, 15) is 4.39 Å². The molecule has 0 bridgehead atoms. The van der Waals surface area contributed by atoms with Gasteiger partial charge in [0.05, 0.1) is 7.11 Å². The zero-order valence-corrected chi connectivity index (χ0v) is 10.1. The standard InChI is InChI=1S/C11H14BrFO/c1-7(8(2)12)9-4-5-11(14-3)10(13)6-9/h4-8H,1-3H3. The summed E-state index contributed by atoms with van der Waals surface area (Å²) in [7, 11) is 1.47. The number of halogens is 2. The van der Waals surface area contributed by atoms with Crippen LogP contribution >= 0.6 is 15.9 Å². The van der Waals surface area contributed by atoms with Crippen LogP contribution in [0.25, 0.3) is 0 Å². The Morgan fingerprint density at radius 2 is 2.00 bits per heavy atom. The molecule has 0 aromatic heterocycles. The van der Waals surface area contributed by atoms with E-state index in [1.807, 2.05) is 13.0 Å². The minimum absolute atomic E-state index is 0.287. The van der Waals surface area contributed by atoms with Gasteiger partial charge in [0, 0.05) is 4.83 Å². The number of hydrogen-bond acceptors (Lipinski definition) is 1. The number of alkyl halides is 1. The van der Waals surface area contributed by atoms with Crippen LogP contribution in [0.2, 0.25) is 0 Å². The van der Waals surface area contributed by atoms with Crippen molar-refractivity contribution >= 4 is 15.9 Å². The summed E-state index contributed by atoms with van der Waals surface area (Å²) >= 11 is 3.48. The molecule has 0 aliphatic heterocycles. The molecule has 1 rings (SSSR count). The first-order valence-corrected chi connectivity index (χ1v) is 5.45. The Kier molecular flexibility index (Phi) is 3.93. The molecule has 0 radical (unpaired) electrons. The SMILES string of the molecule is COc1ccc(C(C)C(C)Br)cc1F. The summed E-state index contributed by atoms with van der Waals surface area (Å²) in [6.45, 7) is 4.10. The Morgan fingerprint density at radius 1 is 1.36 bits per heavy atom. The van der Waals surface area contributed by atoms with E-state index in [1.165, 1.54) is 13.2 Å². The molecule has 3 heteroatoms. The predicted molar refractivity (Wildman–Crippen MR) is 59.8 cm³/mol. The molecule has 2 unspecified atom stereocenters. The monoisotopic (exact) mass is 260 g/mol. The van der Waals surface area contributed by atoms with Crippen molar-refractivity contribution in [2.75, 3.05) is 7.11 Å². The highest BCUT2D eigenvalue weighted by Crippen LogP contribution is 2.27. The summed E-state index contributed by atoms with van der Waals surface area (Å²) in [5.41, 5.74) is 0.979. The Hall–Kier alpha value is -0.570. The maximum absolute atomic E-state index is 13.3. The number of rotatable bonds is 3. The third-order valence-corrected chi connectivity index (χ3v) is 3.18. The van der Waals surface area contributed by atoms with Gasteiger partial charge in [-0.25, -0.2) is 4.39 Å². The van der Waals surface area contributed by atoms with Crippen molar-refractivity contribution in [1.29, 1.82) is 0 Å². The molecule has 0 spiro atoms. The van der Waals surface area contributed by atoms with Crippen molar-refractivity contribution in [3.8, 4) is 5.75 Å². The van der Waals surface area contributed by atoms with Crippen molar-refractivity contribution < 1.29 is 9.13 Å². The number of methoxy groups -OCH3 is 1. The van der Waals surface area contributed by atoms with Crippen LogP contribution in [0.15, 0.2) is 18.2 Å². The molecule has 0 saturated heterocycles. The first kappa shape index (κ1) is 11.5. The summed E-state index contributed by atoms with van der Waals surface area (Å²) in [6.07, 6.45) is 0. The Labute approximate surface area is 92.4 Å². The lowest BCUT2D eigenvalue weighted by molar-refractivity contribution is 0.386. The highest BCUT2D eigenvalue weighted by atomic mass is 79.9. The molecule has 0 heterocycles. The Morgan fingerprint density at radius 3 is 2.43 bits per heavy atom. The lowest BCUT2D eigenvalue weighted by Gasteiger charge is -2.15. The third-order valence-electron chi connectivity index (χ3n) is 2.39. The molecular weight excluding hydrogens is 247 g/mol. The van der Waals surface area contributed by atoms with Crippen molar-refractivity contribution in [3.05, 3.63) is 29.6 Å². The van der Waals surface area contributed by atoms with Crippen LogP contribution in [-0.2, 0) is 0 Å². The maximum Gasteiger partial charge on any atom is 0.165 e. The van der Waals surface area contributed by atoms with Gasteiger partial charge in [0.15, 0.2) is 11.6 Å². The van der Waals surface area contributed by atoms with Crippen LogP contribution < -0.4 is 4.74 Å². The minimum Gasteiger partial charge on any atom is -0.494 e. The quantitative estimate of drug-likeness (QED) is 0.753. The zero-order valence-electron chi connectivity index (χ0n) is 8.55. The number of benzene rings is 1. The largest absolute Gasteiger partial charge is 0.494 e. The second kappa shape index (κ2) is 4.78. The van der Waals surface area contributed by atoms with Gasteiger partial charge in [-0.2, -0.15) is 0 Å². The predicted octanol–water partition coefficient (Wildman–Crippen LogP) is 3.72. The maximum atomic E-state index is 13.3. The average molecular weight is 261 g/mol. The van der Waals surface area contributed by atoms with E-state index in [4.69, 9.17) is 4.74 Å². The van der Waals surface area contributed by atoms with Crippen LogP contribution in [-0.4, -0.2) is 11.9 Å². The van der Waals surface area contributed by atoms with Crippen LogP contribution in [0.1, 0.15) is 25.3 Å². The molecule has 14 heavy (non-hydrogen) atoms. The van der Waals surface area contributed by atoms with Crippen LogP contribution in [0.4, 0.5) is 4.39 Å². The van der Waals surface area contributed by atoms with Gasteiger partial charge in [0.2, 0.25) is 0 Å². The van der Waals surface area contributed by atoms with E-state index >= 15 is 0 Å². The smallest absolute Gasteiger partial charge is 0.165 e. The summed E-state index contributed by atoms with van der Waals surface area (Å²) < 4.78 is 18.2. The molecule has 78 valence electrons. The second-order valence-corrected chi connectivity index (χ2v) is 4.80. The van der Waals surface area contributed by atoms with Gasteiger partial charge in [0.25, 0.3) is 0 Å². The molecule has 1 nitrogen and oxygen atoms in total. The fourth-order valence-electron chi connectivity index (χ4n) is 1.23. The summed E-state index contributed by atoms with van der Waals surface area (Å²) in [5, 5.41) is 0. The van der Waals surface area contributed by atoms with Gasteiger partial charge in [-0.05, 0) is 23.6 Å². The van der Waals surface area contributed by atoms with E-state index in [0.29, 0.717) is 10.6 Å². The Balaban J connectivity index is 2.96. The van der Waals surface area contributed by atoms with E-state index in [0.717, 1.165) is 5.56 Å². The lowest BCUT2D eigenvalue weighted by Crippen LogP contribution is -2.04. The van der Waals surface area contributed by atoms with Crippen LogP contribution in [0.5, 0.6) is 5.75 Å². The minimum atomic E-state index is -0.301. The summed E-state index contributed by atoms with van der Waals surface area (Å²) in [6, 6.07) is 5.09. The molecule has 1 aromatic rings. The molecule has 0 aliphatic rings. The highest BCUT2D eigenvalue weighted by molar-refractivity contribution is 9.09. The first-order valence-electron chi connectivity index (χ1n) is 4.53. The van der Waals surface area contributed by atoms with Crippen molar-refractivity contribution in [3.63, 3.8) is 0 Å². The highest BCUT2D eigenvalue weighted by Gasteiger charge is 2.13. The molecular formula is C11H14BrFO. The average Bonchev–Trinajstić information content (AvgIpc) is 2.16. The van der Waals surface area contributed by atoms with Crippen molar-refractivity contribution in [2.45, 2.75) is 24.6 Å². The van der Waals surface area contributed by atoms with Crippen LogP contribution in [0.3, 0.4) is 0 Å². The molecule has 0 saturated carbocycles. The Bertz CT molecular complexity index is 312. The fourth-order valence-corrected chi connectivity index (χ4v) is 1.54. The van der Waals surface area contributed by atoms with Gasteiger partial charge in [-0.1, -0.05) is 35.8 Å². The van der Waals surface area contributed by atoms with Crippen molar-refractivity contribution in [1.82, 2.24) is 0 Å². The van der Waals surface area contributed by atoms with E-state index in [2.05, 4.69) is 22.9 Å². The second-order valence-electron chi connectivity index (χ2n) is 3.36. The molecule has 0 aliphatic carbocycles. The number of ether oxygens (including phenoxy) is 1. The van der Waals surface area contributed by atoms with E-state index in [-0.39, 0.29) is 11.7 Å². The van der Waals surface area contributed by atoms with Gasteiger partial charge in [-0.3, -0.25) is 0 Å². The first-order chi connectivity index (χ1) is 6.56. The number of hydrogen-bond donors (Lipinski definition) is 0. The molecule has 0 fully saturated rings. The van der Waals surface area contributed by atoms with Gasteiger partial charge >= 0.3 is 0 Å². The third kappa shape index (κ3) is 2.47. The van der Waals surface area contributed by atoms with E-state index in [1.54, 1.807) is 6.07 Å². The molecule has 1 aromatic carbocycles. The van der Waals surface area contributed by atoms with Gasteiger partial charge in [0.1, 0.15) is 0 Å². The zero-order chi connectivity index (χ0) is 10.7. The summed E-state index contributed by atoms with van der Waals surface area (Å²) in [4.78, 5) is 0.329. The van der Waals surface area contributed by atoms with Crippen LogP contribution in [0, 0.1) is 5.82 Å². The normalized spacial score (nSPS) is 14.9.